The Labute approximate surface area is 215 Å². The lowest BCUT2D eigenvalue weighted by molar-refractivity contribution is -0.137. The molecule has 4 rings (SSSR count). The van der Waals surface area contributed by atoms with Crippen molar-refractivity contribution >= 4 is 34.3 Å². The Bertz CT molecular complexity index is 1480. The molecule has 1 heterocycles. The third-order valence-corrected chi connectivity index (χ3v) is 5.75. The van der Waals surface area contributed by atoms with E-state index >= 15 is 0 Å². The molecule has 2 N–H and O–H groups in total. The number of alkyl halides is 3. The van der Waals surface area contributed by atoms with Gasteiger partial charge in [0, 0.05) is 28.4 Å². The molecule has 4 aromatic rings. The Morgan fingerprint density at radius 3 is 2.39 bits per heavy atom. The zero-order chi connectivity index (χ0) is 27.3. The second-order valence-corrected chi connectivity index (χ2v) is 8.33. The lowest BCUT2D eigenvalue weighted by Crippen LogP contribution is -2.20. The van der Waals surface area contributed by atoms with Crippen molar-refractivity contribution in [3.05, 3.63) is 95.2 Å². The minimum Gasteiger partial charge on any atom is -0.484 e. The van der Waals surface area contributed by atoms with E-state index in [2.05, 4.69) is 10.3 Å². The van der Waals surface area contributed by atoms with E-state index in [0.717, 1.165) is 35.0 Å². The first-order valence-corrected chi connectivity index (χ1v) is 11.6. The average Bonchev–Trinajstić information content (AvgIpc) is 3.35. The van der Waals surface area contributed by atoms with Crippen molar-refractivity contribution in [2.75, 3.05) is 18.5 Å². The van der Waals surface area contributed by atoms with E-state index in [9.17, 15) is 27.6 Å². The van der Waals surface area contributed by atoms with Gasteiger partial charge in [-0.3, -0.25) is 9.59 Å². The van der Waals surface area contributed by atoms with Gasteiger partial charge in [-0.1, -0.05) is 31.2 Å². The number of fused-ring (bicyclic) bond motifs is 1. The van der Waals surface area contributed by atoms with E-state index in [1.807, 2.05) is 25.1 Å². The van der Waals surface area contributed by atoms with Crippen molar-refractivity contribution in [1.29, 1.82) is 0 Å². The number of H-pyrrole nitrogens is 1. The highest BCUT2D eigenvalue weighted by Gasteiger charge is 2.30. The second kappa shape index (κ2) is 11.2. The average molecular weight is 524 g/mol. The predicted molar refractivity (Wildman–Crippen MR) is 134 cm³/mol. The van der Waals surface area contributed by atoms with E-state index in [1.54, 1.807) is 6.20 Å². The topological polar surface area (TPSA) is 97.5 Å². The van der Waals surface area contributed by atoms with Crippen LogP contribution in [0, 0.1) is 0 Å². The molecule has 10 heteroatoms. The molecule has 1 amide bonds. The Morgan fingerprint density at radius 2 is 1.68 bits per heavy atom. The molecule has 0 radical (unpaired) electrons. The molecule has 0 saturated heterocycles. The Morgan fingerprint density at radius 1 is 0.947 bits per heavy atom. The maximum atomic E-state index is 12.8. The molecule has 0 saturated carbocycles. The van der Waals surface area contributed by atoms with Gasteiger partial charge in [0.05, 0.1) is 11.1 Å². The molecule has 196 valence electrons. The number of ether oxygens (including phenoxy) is 2. The van der Waals surface area contributed by atoms with Crippen LogP contribution in [0.3, 0.4) is 0 Å². The number of hydrogen-bond donors (Lipinski definition) is 2. The molecule has 0 atom stereocenters. The highest BCUT2D eigenvalue weighted by atomic mass is 19.4. The van der Waals surface area contributed by atoms with Crippen LogP contribution in [-0.2, 0) is 22.1 Å². The maximum Gasteiger partial charge on any atom is 0.416 e. The molecule has 0 aliphatic heterocycles. The molecule has 0 unspecified atom stereocenters. The number of esters is 1. The number of anilines is 1. The number of carbonyl (C=O) groups excluding carboxylic acids is 3. The van der Waals surface area contributed by atoms with Gasteiger partial charge in [-0.15, -0.1) is 0 Å². The van der Waals surface area contributed by atoms with Gasteiger partial charge in [0.25, 0.3) is 5.91 Å². The summed E-state index contributed by atoms with van der Waals surface area (Å²) in [6.45, 7) is 1.12. The van der Waals surface area contributed by atoms with Crippen LogP contribution in [0.4, 0.5) is 18.9 Å². The summed E-state index contributed by atoms with van der Waals surface area (Å²) in [5.74, 6) is -1.46. The predicted octanol–water partition coefficient (Wildman–Crippen LogP) is 5.81. The Kier molecular flexibility index (Phi) is 7.80. The number of benzene rings is 3. The van der Waals surface area contributed by atoms with Crippen LogP contribution >= 0.6 is 0 Å². The minimum atomic E-state index is -4.53. The van der Waals surface area contributed by atoms with Gasteiger partial charge >= 0.3 is 12.1 Å². The largest absolute Gasteiger partial charge is 0.484 e. The number of ketones is 1. The third-order valence-electron chi connectivity index (χ3n) is 5.75. The highest BCUT2D eigenvalue weighted by Crippen LogP contribution is 2.30. The van der Waals surface area contributed by atoms with Gasteiger partial charge in [-0.25, -0.2) is 4.79 Å². The Balaban J connectivity index is 1.28. The molecule has 0 aliphatic carbocycles. The standard InChI is InChI=1S/C28H23F3N2O5/c1-2-17-5-3-8-22-23(14-32-26(17)22)24(34)15-38-27(36)18-9-11-21(12-10-18)37-16-25(35)33-20-7-4-6-19(13-20)28(29,30)31/h3-14,32H,2,15-16H2,1H3,(H,33,35). The van der Waals surface area contributed by atoms with Crippen LogP contribution in [0.25, 0.3) is 10.9 Å². The molecular weight excluding hydrogens is 501 g/mol. The molecule has 0 fully saturated rings. The normalized spacial score (nSPS) is 11.3. The summed E-state index contributed by atoms with van der Waals surface area (Å²) in [6.07, 6.45) is -2.11. The lowest BCUT2D eigenvalue weighted by Gasteiger charge is -2.11. The fourth-order valence-electron chi connectivity index (χ4n) is 3.84. The summed E-state index contributed by atoms with van der Waals surface area (Å²) < 4.78 is 48.9. The monoisotopic (exact) mass is 524 g/mol. The van der Waals surface area contributed by atoms with E-state index in [-0.39, 0.29) is 22.8 Å². The number of rotatable bonds is 9. The number of aromatic nitrogens is 1. The quantitative estimate of drug-likeness (QED) is 0.213. The van der Waals surface area contributed by atoms with E-state index < -0.39 is 36.8 Å². The highest BCUT2D eigenvalue weighted by molar-refractivity contribution is 6.09. The maximum absolute atomic E-state index is 12.8. The van der Waals surface area contributed by atoms with E-state index in [1.165, 1.54) is 36.4 Å². The molecule has 0 bridgehead atoms. The number of carbonyl (C=O) groups is 3. The summed E-state index contributed by atoms with van der Waals surface area (Å²) in [5, 5.41) is 3.11. The second-order valence-electron chi connectivity index (χ2n) is 8.33. The van der Waals surface area contributed by atoms with E-state index in [0.29, 0.717) is 5.56 Å². The van der Waals surface area contributed by atoms with Crippen LogP contribution < -0.4 is 10.1 Å². The first-order valence-electron chi connectivity index (χ1n) is 11.6. The van der Waals surface area contributed by atoms with Crippen LogP contribution in [0.15, 0.2) is 72.9 Å². The number of Topliss-reactive ketones (excluding diaryl/α,β-unsaturated/α-hetero) is 1. The number of nitrogens with one attached hydrogen (secondary N) is 2. The third kappa shape index (κ3) is 6.20. The first-order chi connectivity index (χ1) is 18.2. The number of aryl methyl sites for hydroxylation is 1. The minimum absolute atomic E-state index is 0.0143. The molecule has 1 aromatic heterocycles. The molecule has 0 aliphatic rings. The zero-order valence-electron chi connectivity index (χ0n) is 20.2. The lowest BCUT2D eigenvalue weighted by atomic mass is 10.1. The van der Waals surface area contributed by atoms with Crippen molar-refractivity contribution in [2.24, 2.45) is 0 Å². The number of halogens is 3. The summed E-state index contributed by atoms with van der Waals surface area (Å²) >= 11 is 0. The summed E-state index contributed by atoms with van der Waals surface area (Å²) in [6, 6.07) is 15.6. The SMILES string of the molecule is CCc1cccc2c(C(=O)COC(=O)c3ccc(OCC(=O)Nc4cccc(C(F)(F)F)c4)cc3)c[nH]c12. The van der Waals surface area contributed by atoms with Crippen molar-refractivity contribution in [3.8, 4) is 5.75 Å². The van der Waals surface area contributed by atoms with Gasteiger partial charge in [0.1, 0.15) is 5.75 Å². The summed E-state index contributed by atoms with van der Waals surface area (Å²) in [5.41, 5.74) is 1.67. The number of aromatic amines is 1. The van der Waals surface area contributed by atoms with Gasteiger partial charge < -0.3 is 19.8 Å². The van der Waals surface area contributed by atoms with Crippen molar-refractivity contribution < 1.29 is 37.0 Å². The first kappa shape index (κ1) is 26.5. The summed E-state index contributed by atoms with van der Waals surface area (Å²) in [4.78, 5) is 40.2. The van der Waals surface area contributed by atoms with Gasteiger partial charge in [-0.05, 0) is 54.4 Å². The van der Waals surface area contributed by atoms with Crippen LogP contribution in [0.5, 0.6) is 5.75 Å². The molecular formula is C28H23F3N2O5. The van der Waals surface area contributed by atoms with Gasteiger partial charge in [-0.2, -0.15) is 13.2 Å². The summed E-state index contributed by atoms with van der Waals surface area (Å²) in [7, 11) is 0. The fraction of sp³-hybridized carbons (Fsp3) is 0.179. The van der Waals surface area contributed by atoms with Gasteiger partial charge in [0.2, 0.25) is 5.78 Å². The molecule has 0 spiro atoms. The smallest absolute Gasteiger partial charge is 0.416 e. The van der Waals surface area contributed by atoms with Crippen molar-refractivity contribution in [2.45, 2.75) is 19.5 Å². The zero-order valence-corrected chi connectivity index (χ0v) is 20.2. The van der Waals surface area contributed by atoms with Crippen LogP contribution in [0.2, 0.25) is 0 Å². The number of amides is 1. The van der Waals surface area contributed by atoms with Crippen molar-refractivity contribution in [3.63, 3.8) is 0 Å². The van der Waals surface area contributed by atoms with Gasteiger partial charge in [0.15, 0.2) is 13.2 Å². The van der Waals surface area contributed by atoms with Crippen molar-refractivity contribution in [1.82, 2.24) is 4.98 Å². The number of para-hydroxylation sites is 1. The molecule has 7 nitrogen and oxygen atoms in total. The number of hydrogen-bond acceptors (Lipinski definition) is 5. The van der Waals surface area contributed by atoms with E-state index in [4.69, 9.17) is 9.47 Å². The molecule has 3 aromatic carbocycles. The van der Waals surface area contributed by atoms with Crippen LogP contribution in [-0.4, -0.2) is 35.9 Å². The van der Waals surface area contributed by atoms with Crippen LogP contribution in [0.1, 0.15) is 38.8 Å². The molecule has 38 heavy (non-hydrogen) atoms. The fourth-order valence-corrected chi connectivity index (χ4v) is 3.84. The Hall–Kier alpha value is -4.60.